The second-order valence-electron chi connectivity index (χ2n) is 4.38. The first-order chi connectivity index (χ1) is 8.11. The van der Waals surface area contributed by atoms with Crippen molar-refractivity contribution in [1.29, 1.82) is 0 Å². The highest BCUT2D eigenvalue weighted by Crippen LogP contribution is 2.21. The summed E-state index contributed by atoms with van der Waals surface area (Å²) in [4.78, 5) is 26.9. The van der Waals surface area contributed by atoms with Crippen LogP contribution < -0.4 is 4.90 Å². The lowest BCUT2D eigenvalue weighted by Crippen LogP contribution is -2.55. The van der Waals surface area contributed by atoms with Gasteiger partial charge in [-0.2, -0.15) is 0 Å². The molecule has 17 heavy (non-hydrogen) atoms. The van der Waals surface area contributed by atoms with Gasteiger partial charge in [-0.1, -0.05) is 18.2 Å². The molecule has 0 spiro atoms. The second kappa shape index (κ2) is 4.57. The van der Waals surface area contributed by atoms with Crippen molar-refractivity contribution in [3.05, 3.63) is 30.3 Å². The van der Waals surface area contributed by atoms with Gasteiger partial charge >= 0.3 is 6.03 Å². The fourth-order valence-corrected chi connectivity index (χ4v) is 2.02. The molecule has 3 amide bonds. The lowest BCUT2D eigenvalue weighted by Gasteiger charge is -2.36. The summed E-state index contributed by atoms with van der Waals surface area (Å²) in [6, 6.07) is 9.13. The molecule has 1 aromatic carbocycles. The number of hydrogen-bond donors (Lipinski definition) is 0. The van der Waals surface area contributed by atoms with Crippen LogP contribution in [0.25, 0.3) is 0 Å². The molecule has 0 saturated carbocycles. The summed E-state index contributed by atoms with van der Waals surface area (Å²) in [7, 11) is 0. The molecule has 1 heterocycles. The SMILES string of the molecule is CC(C)N1C(=O)CCN(c2ccccc2)C1=O. The average molecular weight is 232 g/mol. The molecule has 4 nitrogen and oxygen atoms in total. The summed E-state index contributed by atoms with van der Waals surface area (Å²) in [5, 5.41) is 0. The number of carbonyl (C=O) groups is 2. The Hall–Kier alpha value is -1.84. The topological polar surface area (TPSA) is 40.6 Å². The first kappa shape index (κ1) is 11.6. The maximum atomic E-state index is 12.2. The van der Waals surface area contributed by atoms with Gasteiger partial charge in [-0.15, -0.1) is 0 Å². The van der Waals surface area contributed by atoms with Gasteiger partial charge in [0.2, 0.25) is 5.91 Å². The van der Waals surface area contributed by atoms with Crippen LogP contribution >= 0.6 is 0 Å². The highest BCUT2D eigenvalue weighted by Gasteiger charge is 2.34. The number of imide groups is 1. The highest BCUT2D eigenvalue weighted by atomic mass is 16.2. The average Bonchev–Trinajstić information content (AvgIpc) is 2.30. The van der Waals surface area contributed by atoms with E-state index < -0.39 is 0 Å². The van der Waals surface area contributed by atoms with Crippen molar-refractivity contribution in [3.63, 3.8) is 0 Å². The lowest BCUT2D eigenvalue weighted by atomic mass is 10.2. The normalized spacial score (nSPS) is 16.9. The van der Waals surface area contributed by atoms with Gasteiger partial charge in [0, 0.05) is 24.7 Å². The molecule has 0 aliphatic carbocycles. The number of amides is 3. The largest absolute Gasteiger partial charge is 0.331 e. The zero-order valence-electron chi connectivity index (χ0n) is 10.1. The summed E-state index contributed by atoms with van der Waals surface area (Å²) in [5.41, 5.74) is 0.843. The third-order valence-electron chi connectivity index (χ3n) is 2.84. The Morgan fingerprint density at radius 1 is 1.12 bits per heavy atom. The number of rotatable bonds is 2. The van der Waals surface area contributed by atoms with E-state index in [2.05, 4.69) is 0 Å². The van der Waals surface area contributed by atoms with Crippen LogP contribution in [0.2, 0.25) is 0 Å². The van der Waals surface area contributed by atoms with E-state index >= 15 is 0 Å². The van der Waals surface area contributed by atoms with Crippen molar-refractivity contribution < 1.29 is 9.59 Å². The molecule has 0 radical (unpaired) electrons. The highest BCUT2D eigenvalue weighted by molar-refractivity contribution is 6.05. The maximum absolute atomic E-state index is 12.2. The number of hydrogen-bond acceptors (Lipinski definition) is 2. The van der Waals surface area contributed by atoms with E-state index in [9.17, 15) is 9.59 Å². The van der Waals surface area contributed by atoms with Gasteiger partial charge in [-0.05, 0) is 26.0 Å². The van der Waals surface area contributed by atoms with Gasteiger partial charge in [-0.3, -0.25) is 14.6 Å². The minimum atomic E-state index is -0.220. The Morgan fingerprint density at radius 2 is 1.76 bits per heavy atom. The van der Waals surface area contributed by atoms with Crippen molar-refractivity contribution in [2.75, 3.05) is 11.4 Å². The van der Waals surface area contributed by atoms with Gasteiger partial charge in [-0.25, -0.2) is 4.79 Å². The summed E-state index contributed by atoms with van der Waals surface area (Å²) in [5.74, 6) is -0.0859. The molecule has 0 atom stereocenters. The smallest absolute Gasteiger partial charge is 0.293 e. The van der Waals surface area contributed by atoms with Crippen LogP contribution in [-0.4, -0.2) is 29.4 Å². The van der Waals surface area contributed by atoms with Crippen LogP contribution in [0.5, 0.6) is 0 Å². The van der Waals surface area contributed by atoms with E-state index in [-0.39, 0.29) is 18.0 Å². The van der Waals surface area contributed by atoms with Gasteiger partial charge in [0.25, 0.3) is 0 Å². The van der Waals surface area contributed by atoms with Crippen molar-refractivity contribution >= 4 is 17.6 Å². The summed E-state index contributed by atoms with van der Waals surface area (Å²) < 4.78 is 0. The maximum Gasteiger partial charge on any atom is 0.331 e. The predicted molar refractivity (Wildman–Crippen MR) is 65.8 cm³/mol. The quantitative estimate of drug-likeness (QED) is 0.784. The number of anilines is 1. The number of urea groups is 1. The summed E-state index contributed by atoms with van der Waals surface area (Å²) in [6.07, 6.45) is 0.388. The second-order valence-corrected chi connectivity index (χ2v) is 4.38. The van der Waals surface area contributed by atoms with E-state index in [0.29, 0.717) is 13.0 Å². The van der Waals surface area contributed by atoms with Crippen molar-refractivity contribution in [2.45, 2.75) is 26.3 Å². The van der Waals surface area contributed by atoms with Crippen LogP contribution in [0.4, 0.5) is 10.5 Å². The Labute approximate surface area is 101 Å². The van der Waals surface area contributed by atoms with E-state index in [1.807, 2.05) is 44.2 Å². The third-order valence-corrected chi connectivity index (χ3v) is 2.84. The Balaban J connectivity index is 2.27. The van der Waals surface area contributed by atoms with Crippen molar-refractivity contribution in [2.24, 2.45) is 0 Å². The number of nitrogens with zero attached hydrogens (tertiary/aromatic N) is 2. The molecule has 1 aliphatic heterocycles. The Kier molecular flexibility index (Phi) is 3.13. The van der Waals surface area contributed by atoms with Gasteiger partial charge in [0.05, 0.1) is 0 Å². The number of carbonyl (C=O) groups excluding carboxylic acids is 2. The summed E-state index contributed by atoms with van der Waals surface area (Å²) in [6.45, 7) is 4.17. The monoisotopic (exact) mass is 232 g/mol. The summed E-state index contributed by atoms with van der Waals surface area (Å²) >= 11 is 0. The van der Waals surface area contributed by atoms with E-state index in [0.717, 1.165) is 5.69 Å². The molecular formula is C13H16N2O2. The van der Waals surface area contributed by atoms with Gasteiger partial charge < -0.3 is 0 Å². The van der Waals surface area contributed by atoms with Crippen LogP contribution in [0, 0.1) is 0 Å². The standard InChI is InChI=1S/C13H16N2O2/c1-10(2)15-12(16)8-9-14(13(15)17)11-6-4-3-5-7-11/h3-7,10H,8-9H2,1-2H3. The minimum Gasteiger partial charge on any atom is -0.293 e. The molecule has 1 fully saturated rings. The zero-order chi connectivity index (χ0) is 12.4. The predicted octanol–water partition coefficient (Wildman–Crippen LogP) is 2.25. The molecule has 0 bridgehead atoms. The molecule has 4 heteroatoms. The fourth-order valence-electron chi connectivity index (χ4n) is 2.02. The number of benzene rings is 1. The Morgan fingerprint density at radius 3 is 2.35 bits per heavy atom. The van der Waals surface area contributed by atoms with Crippen LogP contribution in [0.15, 0.2) is 30.3 Å². The first-order valence-electron chi connectivity index (χ1n) is 5.80. The lowest BCUT2D eigenvalue weighted by molar-refractivity contribution is -0.130. The molecule has 1 aromatic rings. The van der Waals surface area contributed by atoms with E-state index in [1.54, 1.807) is 4.90 Å². The van der Waals surface area contributed by atoms with Crippen LogP contribution in [0.1, 0.15) is 20.3 Å². The van der Waals surface area contributed by atoms with Crippen LogP contribution in [-0.2, 0) is 4.79 Å². The molecule has 0 aromatic heterocycles. The first-order valence-corrected chi connectivity index (χ1v) is 5.80. The fraction of sp³-hybridized carbons (Fsp3) is 0.385. The van der Waals surface area contributed by atoms with Gasteiger partial charge in [0.15, 0.2) is 0 Å². The molecule has 0 unspecified atom stereocenters. The van der Waals surface area contributed by atoms with E-state index in [4.69, 9.17) is 0 Å². The van der Waals surface area contributed by atoms with Gasteiger partial charge in [0.1, 0.15) is 0 Å². The zero-order valence-corrected chi connectivity index (χ0v) is 10.1. The van der Waals surface area contributed by atoms with E-state index in [1.165, 1.54) is 4.90 Å². The molecule has 2 rings (SSSR count). The molecular weight excluding hydrogens is 216 g/mol. The third kappa shape index (κ3) is 2.16. The van der Waals surface area contributed by atoms with Crippen molar-refractivity contribution in [3.8, 4) is 0 Å². The van der Waals surface area contributed by atoms with Crippen molar-refractivity contribution in [1.82, 2.24) is 4.90 Å². The molecule has 1 saturated heterocycles. The molecule has 1 aliphatic rings. The minimum absolute atomic E-state index is 0.0859. The number of para-hydroxylation sites is 1. The van der Waals surface area contributed by atoms with Crippen LogP contribution in [0.3, 0.4) is 0 Å². The Bertz CT molecular complexity index is 428. The molecule has 90 valence electrons. The molecule has 0 N–H and O–H groups in total.